The number of nitro benzene ring substituents is 1. The average Bonchev–Trinajstić information content (AvgIpc) is 2.54. The van der Waals surface area contributed by atoms with E-state index in [0.29, 0.717) is 11.7 Å². The zero-order chi connectivity index (χ0) is 15.5. The summed E-state index contributed by atoms with van der Waals surface area (Å²) < 4.78 is 5.85. The summed E-state index contributed by atoms with van der Waals surface area (Å²) in [4.78, 5) is 14.7. The van der Waals surface area contributed by atoms with E-state index in [1.807, 2.05) is 24.3 Å². The SMILES string of the molecule is CC[C@H]1OC(Nc2ccc([N+](=O)[O-])cc2)=Nc2ccccc21. The Bertz CT molecular complexity index is 726. The number of aliphatic imine (C=N–C) groups is 1. The van der Waals surface area contributed by atoms with E-state index in [2.05, 4.69) is 17.2 Å². The number of benzene rings is 2. The van der Waals surface area contributed by atoms with E-state index in [1.165, 1.54) is 12.1 Å². The Morgan fingerprint density at radius 3 is 2.64 bits per heavy atom. The van der Waals surface area contributed by atoms with Crippen LogP contribution in [-0.2, 0) is 4.74 Å². The lowest BCUT2D eigenvalue weighted by Crippen LogP contribution is -2.22. The molecule has 6 heteroatoms. The van der Waals surface area contributed by atoms with Crippen molar-refractivity contribution in [2.75, 3.05) is 5.32 Å². The third-order valence-corrected chi connectivity index (χ3v) is 3.46. The summed E-state index contributed by atoms with van der Waals surface area (Å²) in [6, 6.07) is 14.4. The lowest BCUT2D eigenvalue weighted by atomic mass is 10.0. The first-order valence-electron chi connectivity index (χ1n) is 7.03. The summed E-state index contributed by atoms with van der Waals surface area (Å²) in [5, 5.41) is 13.7. The second-order valence-corrected chi connectivity index (χ2v) is 4.92. The Labute approximate surface area is 127 Å². The van der Waals surface area contributed by atoms with Gasteiger partial charge in [0.1, 0.15) is 6.10 Å². The molecule has 1 aliphatic heterocycles. The molecule has 1 atom stereocenters. The molecule has 0 fully saturated rings. The normalized spacial score (nSPS) is 16.2. The molecule has 3 rings (SSSR count). The minimum atomic E-state index is -0.429. The van der Waals surface area contributed by atoms with E-state index in [0.717, 1.165) is 17.7 Å². The number of ether oxygens (including phenoxy) is 1. The smallest absolute Gasteiger partial charge is 0.295 e. The van der Waals surface area contributed by atoms with Crippen LogP contribution in [0.5, 0.6) is 0 Å². The minimum absolute atomic E-state index is 0.0470. The maximum absolute atomic E-state index is 10.7. The fourth-order valence-electron chi connectivity index (χ4n) is 2.35. The van der Waals surface area contributed by atoms with E-state index in [4.69, 9.17) is 4.74 Å². The highest BCUT2D eigenvalue weighted by Crippen LogP contribution is 2.34. The van der Waals surface area contributed by atoms with Crippen molar-refractivity contribution in [1.82, 2.24) is 0 Å². The van der Waals surface area contributed by atoms with Gasteiger partial charge in [-0.2, -0.15) is 4.99 Å². The molecule has 0 saturated carbocycles. The van der Waals surface area contributed by atoms with Gasteiger partial charge in [0.25, 0.3) is 11.7 Å². The van der Waals surface area contributed by atoms with Crippen LogP contribution in [0.1, 0.15) is 25.0 Å². The van der Waals surface area contributed by atoms with Gasteiger partial charge in [0, 0.05) is 23.4 Å². The van der Waals surface area contributed by atoms with E-state index < -0.39 is 4.92 Å². The number of non-ortho nitro benzene ring substituents is 1. The van der Waals surface area contributed by atoms with Crippen molar-refractivity contribution in [1.29, 1.82) is 0 Å². The molecule has 6 nitrogen and oxygen atoms in total. The summed E-state index contributed by atoms with van der Waals surface area (Å²) >= 11 is 0. The molecule has 0 radical (unpaired) electrons. The molecule has 2 aromatic carbocycles. The Hall–Kier alpha value is -2.89. The Morgan fingerprint density at radius 1 is 1.23 bits per heavy atom. The fourth-order valence-corrected chi connectivity index (χ4v) is 2.35. The molecule has 0 unspecified atom stereocenters. The van der Waals surface area contributed by atoms with Gasteiger partial charge in [0.15, 0.2) is 0 Å². The molecule has 0 bridgehead atoms. The first-order valence-corrected chi connectivity index (χ1v) is 7.03. The number of hydrogen-bond donors (Lipinski definition) is 1. The quantitative estimate of drug-likeness (QED) is 0.681. The highest BCUT2D eigenvalue weighted by atomic mass is 16.6. The van der Waals surface area contributed by atoms with Gasteiger partial charge >= 0.3 is 0 Å². The van der Waals surface area contributed by atoms with E-state index in [1.54, 1.807) is 12.1 Å². The highest BCUT2D eigenvalue weighted by Gasteiger charge is 2.22. The fraction of sp³-hybridized carbons (Fsp3) is 0.188. The Morgan fingerprint density at radius 2 is 1.95 bits per heavy atom. The average molecular weight is 297 g/mol. The number of hydrogen-bond acceptors (Lipinski definition) is 5. The van der Waals surface area contributed by atoms with E-state index in [-0.39, 0.29) is 11.8 Å². The molecule has 22 heavy (non-hydrogen) atoms. The van der Waals surface area contributed by atoms with Crippen LogP contribution in [0.3, 0.4) is 0 Å². The Kier molecular flexibility index (Phi) is 3.74. The third-order valence-electron chi connectivity index (χ3n) is 3.46. The molecule has 2 aromatic rings. The van der Waals surface area contributed by atoms with Crippen molar-refractivity contribution in [3.8, 4) is 0 Å². The molecule has 1 heterocycles. The zero-order valence-corrected chi connectivity index (χ0v) is 12.0. The van der Waals surface area contributed by atoms with Crippen LogP contribution in [0.15, 0.2) is 53.5 Å². The number of nitro groups is 1. The Balaban J connectivity index is 1.84. The van der Waals surface area contributed by atoms with Gasteiger partial charge in [0.2, 0.25) is 0 Å². The zero-order valence-electron chi connectivity index (χ0n) is 12.0. The van der Waals surface area contributed by atoms with Crippen molar-refractivity contribution in [3.63, 3.8) is 0 Å². The van der Waals surface area contributed by atoms with Crippen LogP contribution in [0, 0.1) is 10.1 Å². The van der Waals surface area contributed by atoms with Gasteiger partial charge in [-0.25, -0.2) is 0 Å². The van der Waals surface area contributed by atoms with Gasteiger partial charge < -0.3 is 10.1 Å². The number of amidine groups is 1. The highest BCUT2D eigenvalue weighted by molar-refractivity contribution is 5.92. The lowest BCUT2D eigenvalue weighted by Gasteiger charge is -2.25. The standard InChI is InChI=1S/C16H15N3O3/c1-2-15-13-5-3-4-6-14(13)18-16(22-15)17-11-7-9-12(10-8-11)19(20)21/h3-10,15H,2H2,1H3,(H,17,18)/t15-/m1/s1. The molecule has 1 aliphatic rings. The molecule has 0 saturated heterocycles. The van der Waals surface area contributed by atoms with Gasteiger partial charge in [-0.05, 0) is 24.6 Å². The van der Waals surface area contributed by atoms with Crippen LogP contribution in [0.25, 0.3) is 0 Å². The van der Waals surface area contributed by atoms with Crippen LogP contribution < -0.4 is 5.32 Å². The van der Waals surface area contributed by atoms with Crippen molar-refractivity contribution >= 4 is 23.1 Å². The predicted molar refractivity (Wildman–Crippen MR) is 84.4 cm³/mol. The number of anilines is 1. The van der Waals surface area contributed by atoms with Crippen molar-refractivity contribution in [3.05, 3.63) is 64.2 Å². The molecule has 112 valence electrons. The number of para-hydroxylation sites is 1. The van der Waals surface area contributed by atoms with Crippen LogP contribution in [0.4, 0.5) is 17.1 Å². The molecular formula is C16H15N3O3. The van der Waals surface area contributed by atoms with E-state index in [9.17, 15) is 10.1 Å². The van der Waals surface area contributed by atoms with Gasteiger partial charge in [-0.3, -0.25) is 10.1 Å². The summed E-state index contributed by atoms with van der Waals surface area (Å²) in [6.45, 7) is 2.05. The van der Waals surface area contributed by atoms with Crippen LogP contribution >= 0.6 is 0 Å². The van der Waals surface area contributed by atoms with Gasteiger partial charge in [-0.15, -0.1) is 0 Å². The minimum Gasteiger partial charge on any atom is -0.457 e. The molecule has 0 aliphatic carbocycles. The van der Waals surface area contributed by atoms with Crippen molar-refractivity contribution in [2.24, 2.45) is 4.99 Å². The number of rotatable bonds is 3. The summed E-state index contributed by atoms with van der Waals surface area (Å²) in [7, 11) is 0. The summed E-state index contributed by atoms with van der Waals surface area (Å²) in [5.74, 6) is 0. The number of nitrogens with one attached hydrogen (secondary N) is 1. The number of fused-ring (bicyclic) bond motifs is 1. The largest absolute Gasteiger partial charge is 0.457 e. The maximum Gasteiger partial charge on any atom is 0.295 e. The number of nitrogens with zero attached hydrogens (tertiary/aromatic N) is 2. The summed E-state index contributed by atoms with van der Waals surface area (Å²) in [5.41, 5.74) is 2.69. The molecular weight excluding hydrogens is 282 g/mol. The van der Waals surface area contributed by atoms with E-state index >= 15 is 0 Å². The van der Waals surface area contributed by atoms with Crippen molar-refractivity contribution < 1.29 is 9.66 Å². The molecule has 1 N–H and O–H groups in total. The molecule has 0 spiro atoms. The maximum atomic E-state index is 10.7. The van der Waals surface area contributed by atoms with Crippen LogP contribution in [0.2, 0.25) is 0 Å². The second kappa shape index (κ2) is 5.85. The predicted octanol–water partition coefficient (Wildman–Crippen LogP) is 4.18. The summed E-state index contributed by atoms with van der Waals surface area (Å²) in [6.07, 6.45) is 0.784. The molecule has 0 aromatic heterocycles. The molecule has 0 amide bonds. The van der Waals surface area contributed by atoms with Gasteiger partial charge in [-0.1, -0.05) is 25.1 Å². The third kappa shape index (κ3) is 2.76. The first kappa shape index (κ1) is 14.1. The van der Waals surface area contributed by atoms with Gasteiger partial charge in [0.05, 0.1) is 10.6 Å². The second-order valence-electron chi connectivity index (χ2n) is 4.92. The monoisotopic (exact) mass is 297 g/mol. The lowest BCUT2D eigenvalue weighted by molar-refractivity contribution is -0.384. The topological polar surface area (TPSA) is 76.8 Å². The first-order chi connectivity index (χ1) is 10.7. The van der Waals surface area contributed by atoms with Crippen molar-refractivity contribution in [2.45, 2.75) is 19.4 Å². The van der Waals surface area contributed by atoms with Crippen LogP contribution in [-0.4, -0.2) is 10.9 Å².